The summed E-state index contributed by atoms with van der Waals surface area (Å²) in [5, 5.41) is 0. The van der Waals surface area contributed by atoms with Crippen molar-refractivity contribution in [1.29, 1.82) is 0 Å². The fourth-order valence-corrected chi connectivity index (χ4v) is 4.33. The van der Waals surface area contributed by atoms with Gasteiger partial charge in [-0.1, -0.05) is 31.9 Å². The van der Waals surface area contributed by atoms with Crippen molar-refractivity contribution in [2.75, 3.05) is 6.16 Å². The number of rotatable bonds is 4. The van der Waals surface area contributed by atoms with Crippen LogP contribution in [-0.2, 0) is 9.13 Å². The van der Waals surface area contributed by atoms with Gasteiger partial charge in [0.1, 0.15) is 0 Å². The molecular weight excluding hydrogens is 366 g/mol. The Morgan fingerprint density at radius 2 is 1.71 bits per heavy atom. The van der Waals surface area contributed by atoms with E-state index < -0.39 is 26.2 Å². The molecule has 0 radical (unpaired) electrons. The molecule has 0 saturated heterocycles. The Hall–Kier alpha value is 1.000. The highest BCUT2D eigenvalue weighted by molar-refractivity contribution is 9.14. The lowest BCUT2D eigenvalue weighted by Crippen LogP contribution is -2.05. The highest BCUT2D eigenvalue weighted by atomic mass is 79.9. The first-order valence-corrected chi connectivity index (χ1v) is 8.32. The molecule has 0 aromatic heterocycles. The summed E-state index contributed by atoms with van der Waals surface area (Å²) < 4.78 is 21.0. The van der Waals surface area contributed by atoms with Crippen LogP contribution in [0.4, 0.5) is 0 Å². The van der Waals surface area contributed by atoms with Gasteiger partial charge in [0.15, 0.2) is 0 Å². The van der Waals surface area contributed by atoms with E-state index in [9.17, 15) is 9.13 Å². The van der Waals surface area contributed by atoms with Crippen molar-refractivity contribution in [1.82, 2.24) is 0 Å². The predicted molar refractivity (Wildman–Crippen MR) is 58.7 cm³/mol. The lowest BCUT2D eigenvalue weighted by molar-refractivity contribution is 0.373. The quantitative estimate of drug-likeness (QED) is 0.436. The lowest BCUT2D eigenvalue weighted by atomic mass is 10.5. The summed E-state index contributed by atoms with van der Waals surface area (Å²) in [7, 11) is -8.54. The predicted octanol–water partition coefficient (Wildman–Crippen LogP) is 1.34. The van der Waals surface area contributed by atoms with Crippen LogP contribution in [0.1, 0.15) is 0 Å². The van der Waals surface area contributed by atoms with Gasteiger partial charge in [0.25, 0.3) is 0 Å². The van der Waals surface area contributed by atoms with Gasteiger partial charge >= 0.3 is 15.2 Å². The van der Waals surface area contributed by atoms with Crippen molar-refractivity contribution in [3.63, 3.8) is 0 Å². The Morgan fingerprint density at radius 1 is 1.29 bits per heavy atom. The molecule has 0 aliphatic carbocycles. The first-order chi connectivity index (χ1) is 6.01. The van der Waals surface area contributed by atoms with Crippen LogP contribution >= 0.6 is 47.1 Å². The average Bonchev–Trinajstić information content (AvgIpc) is 1.78. The molecule has 0 aromatic rings. The maximum Gasteiger partial charge on any atom is 0.349 e. The molecule has 0 aromatic carbocycles. The SMILES string of the molecule is O=P(O)(O)C=C(Br)C(Br)CP(=O)(O)O. The van der Waals surface area contributed by atoms with Crippen LogP contribution in [0, 0.1) is 0 Å². The van der Waals surface area contributed by atoms with E-state index in [2.05, 4.69) is 31.9 Å². The summed E-state index contributed by atoms with van der Waals surface area (Å²) >= 11 is 5.69. The summed E-state index contributed by atoms with van der Waals surface area (Å²) in [6, 6.07) is 0. The van der Waals surface area contributed by atoms with E-state index in [0.29, 0.717) is 5.82 Å². The zero-order valence-corrected chi connectivity index (χ0v) is 11.6. The molecule has 4 N–H and O–H groups in total. The third-order valence-electron chi connectivity index (χ3n) is 0.989. The molecule has 0 saturated carbocycles. The Morgan fingerprint density at radius 3 is 2.00 bits per heavy atom. The lowest BCUT2D eigenvalue weighted by Gasteiger charge is -2.10. The second-order valence-corrected chi connectivity index (χ2v) is 7.57. The fourth-order valence-electron chi connectivity index (χ4n) is 0.538. The molecule has 14 heavy (non-hydrogen) atoms. The van der Waals surface area contributed by atoms with Crippen LogP contribution in [0.2, 0.25) is 0 Å². The summed E-state index contributed by atoms with van der Waals surface area (Å²) in [6.45, 7) is 0. The molecule has 0 heterocycles. The van der Waals surface area contributed by atoms with E-state index in [-0.39, 0.29) is 4.48 Å². The van der Waals surface area contributed by atoms with E-state index in [0.717, 1.165) is 0 Å². The molecule has 84 valence electrons. The minimum absolute atomic E-state index is 0.00848. The van der Waals surface area contributed by atoms with Gasteiger partial charge in [-0.15, -0.1) is 0 Å². The first kappa shape index (κ1) is 15.0. The van der Waals surface area contributed by atoms with Crippen molar-refractivity contribution < 1.29 is 28.7 Å². The Labute approximate surface area is 97.0 Å². The number of hydrogen-bond donors (Lipinski definition) is 4. The van der Waals surface area contributed by atoms with E-state index >= 15 is 0 Å². The van der Waals surface area contributed by atoms with Crippen LogP contribution in [0.3, 0.4) is 0 Å². The number of alkyl halides is 1. The molecule has 0 aliphatic rings. The van der Waals surface area contributed by atoms with Crippen LogP contribution in [0.5, 0.6) is 0 Å². The molecule has 0 rings (SSSR count). The zero-order chi connectivity index (χ0) is 11.6. The van der Waals surface area contributed by atoms with Gasteiger partial charge in [0.2, 0.25) is 0 Å². The van der Waals surface area contributed by atoms with Crippen LogP contribution in [-0.4, -0.2) is 30.6 Å². The number of allylic oxidation sites excluding steroid dienone is 1. The van der Waals surface area contributed by atoms with Gasteiger partial charge in [0, 0.05) is 10.3 Å². The van der Waals surface area contributed by atoms with Gasteiger partial charge in [-0.25, -0.2) is 0 Å². The van der Waals surface area contributed by atoms with Gasteiger partial charge < -0.3 is 19.6 Å². The number of hydrogen-bond acceptors (Lipinski definition) is 2. The van der Waals surface area contributed by atoms with Crippen LogP contribution in [0.15, 0.2) is 10.3 Å². The molecule has 10 heteroatoms. The second kappa shape index (κ2) is 5.37. The van der Waals surface area contributed by atoms with Crippen molar-refractivity contribution in [2.24, 2.45) is 0 Å². The first-order valence-electron chi connectivity index (χ1n) is 3.13. The van der Waals surface area contributed by atoms with E-state index in [1.165, 1.54) is 0 Å². The molecule has 0 spiro atoms. The highest BCUT2D eigenvalue weighted by Crippen LogP contribution is 2.44. The second-order valence-electron chi connectivity index (χ2n) is 2.42. The topological polar surface area (TPSA) is 115 Å². The molecule has 0 fully saturated rings. The Kier molecular flexibility index (Phi) is 5.75. The van der Waals surface area contributed by atoms with Crippen LogP contribution in [0.25, 0.3) is 0 Å². The normalized spacial score (nSPS) is 16.9. The van der Waals surface area contributed by atoms with Crippen molar-refractivity contribution >= 4 is 47.1 Å². The minimum Gasteiger partial charge on any atom is -0.324 e. The summed E-state index contributed by atoms with van der Waals surface area (Å²) in [6.07, 6.45) is -0.538. The maximum absolute atomic E-state index is 10.5. The van der Waals surface area contributed by atoms with E-state index in [1.807, 2.05) is 0 Å². The fraction of sp³-hybridized carbons (Fsp3) is 0.500. The molecule has 6 nitrogen and oxygen atoms in total. The highest BCUT2D eigenvalue weighted by Gasteiger charge is 2.23. The summed E-state index contributed by atoms with van der Waals surface area (Å²) in [5.74, 6) is 0.599. The maximum atomic E-state index is 10.5. The third-order valence-corrected chi connectivity index (χ3v) is 5.51. The average molecular weight is 374 g/mol. The monoisotopic (exact) mass is 372 g/mol. The molecular formula is C4H8Br2O6P2. The molecule has 0 aliphatic heterocycles. The van der Waals surface area contributed by atoms with Gasteiger partial charge in [-0.2, -0.15) is 0 Å². The Bertz CT molecular complexity index is 316. The van der Waals surface area contributed by atoms with E-state index in [1.54, 1.807) is 0 Å². The molecule has 1 unspecified atom stereocenters. The van der Waals surface area contributed by atoms with Gasteiger partial charge in [0.05, 0.1) is 11.0 Å². The van der Waals surface area contributed by atoms with Crippen molar-refractivity contribution in [2.45, 2.75) is 4.83 Å². The largest absolute Gasteiger partial charge is 0.349 e. The van der Waals surface area contributed by atoms with Crippen molar-refractivity contribution in [3.05, 3.63) is 10.3 Å². The molecule has 0 amide bonds. The zero-order valence-electron chi connectivity index (χ0n) is 6.62. The Balaban J connectivity index is 4.57. The minimum atomic E-state index is -4.33. The van der Waals surface area contributed by atoms with Gasteiger partial charge in [-0.05, 0) is 0 Å². The smallest absolute Gasteiger partial charge is 0.324 e. The summed E-state index contributed by atoms with van der Waals surface area (Å²) in [5.41, 5.74) is 0. The summed E-state index contributed by atoms with van der Waals surface area (Å²) in [4.78, 5) is 33.4. The van der Waals surface area contributed by atoms with Gasteiger partial charge in [-0.3, -0.25) is 9.13 Å². The van der Waals surface area contributed by atoms with Crippen LogP contribution < -0.4 is 0 Å². The van der Waals surface area contributed by atoms with Crippen molar-refractivity contribution in [3.8, 4) is 0 Å². The van der Waals surface area contributed by atoms with E-state index in [4.69, 9.17) is 19.6 Å². The standard InChI is InChI=1S/C4H8Br2O6P2/c5-3(1-13(7,8)9)4(6)2-14(10,11)12/h1,4H,2H2,(H2,7,8,9)(H2,10,11,12). The molecule has 1 atom stereocenters. The number of halogens is 2. The third kappa shape index (κ3) is 8.32. The molecule has 0 bridgehead atoms.